The van der Waals surface area contributed by atoms with Crippen molar-refractivity contribution in [2.45, 2.75) is 81.3 Å². The minimum absolute atomic E-state index is 0.0160. The smallest absolute Gasteiger partial charge is 0.321 e. The molecule has 0 amide bonds. The van der Waals surface area contributed by atoms with Crippen LogP contribution in [0.15, 0.2) is 89.8 Å². The number of carbonyl (C=O) groups is 3. The van der Waals surface area contributed by atoms with Crippen LogP contribution in [0.25, 0.3) is 0 Å². The Labute approximate surface area is 281 Å². The molecule has 0 spiro atoms. The molecule has 0 N–H and O–H groups in total. The van der Waals surface area contributed by atoms with E-state index < -0.39 is 62.0 Å². The molecule has 0 aliphatic carbocycles. The van der Waals surface area contributed by atoms with Crippen LogP contribution in [-0.4, -0.2) is 68.6 Å². The van der Waals surface area contributed by atoms with Crippen LogP contribution in [-0.2, 0) is 37.8 Å². The molecule has 1 aliphatic heterocycles. The number of hydrogen-bond acceptors (Lipinski definition) is 9. The number of hydrogen-bond donors (Lipinski definition) is 0. The van der Waals surface area contributed by atoms with Gasteiger partial charge in [0.1, 0.15) is 17.4 Å². The van der Waals surface area contributed by atoms with Crippen molar-refractivity contribution in [1.29, 1.82) is 0 Å². The van der Waals surface area contributed by atoms with E-state index in [9.17, 15) is 14.4 Å². The molecule has 3 aromatic rings. The van der Waals surface area contributed by atoms with Gasteiger partial charge in [-0.25, -0.2) is 0 Å². The van der Waals surface area contributed by atoms with Crippen LogP contribution in [0.2, 0.25) is 5.04 Å². The van der Waals surface area contributed by atoms with Crippen molar-refractivity contribution >= 4 is 60.0 Å². The van der Waals surface area contributed by atoms with E-state index in [1.165, 1.54) is 25.6 Å². The molecule has 0 bridgehead atoms. The highest BCUT2D eigenvalue weighted by Gasteiger charge is 2.55. The molecule has 0 unspecified atom stereocenters. The molecule has 0 radical (unpaired) electrons. The van der Waals surface area contributed by atoms with E-state index in [0.29, 0.717) is 0 Å². The van der Waals surface area contributed by atoms with Crippen LogP contribution in [0.3, 0.4) is 0 Å². The maximum Gasteiger partial charge on any atom is 0.321 e. The number of thioether (sulfide) groups is 1. The molecule has 8 nitrogen and oxygen atoms in total. The summed E-state index contributed by atoms with van der Waals surface area (Å²) in [6.45, 7) is 10.9. The van der Waals surface area contributed by atoms with Crippen molar-refractivity contribution in [2.75, 3.05) is 12.5 Å². The second kappa shape index (κ2) is 15.6. The van der Waals surface area contributed by atoms with Gasteiger partial charge in [0.05, 0.1) is 6.61 Å². The summed E-state index contributed by atoms with van der Waals surface area (Å²) in [5.74, 6) is -2.44. The molecule has 246 valence electrons. The van der Waals surface area contributed by atoms with E-state index in [1.807, 2.05) is 67.6 Å². The van der Waals surface area contributed by atoms with Gasteiger partial charge in [-0.1, -0.05) is 111 Å². The van der Waals surface area contributed by atoms with Gasteiger partial charge in [0.15, 0.2) is 18.3 Å². The zero-order valence-electron chi connectivity index (χ0n) is 26.9. The fourth-order valence-corrected chi connectivity index (χ4v) is 11.5. The van der Waals surface area contributed by atoms with Crippen molar-refractivity contribution in [3.05, 3.63) is 90.5 Å². The summed E-state index contributed by atoms with van der Waals surface area (Å²) in [6, 6.07) is 28.0. The van der Waals surface area contributed by atoms with Crippen LogP contribution >= 0.6 is 23.4 Å². The standard InChI is InChI=1S/C35H41ClO8SSi/c1-23-17-19-26(20-18-23)45-34-33(42-25(3)38)32(44-30(39)21-36)31(41-24(2)37)29(43-34)22-40-46(35(4,5)6,27-13-9-7-10-14-27)28-15-11-8-12-16-28/h7-20,29,31-34H,21-22H2,1-6H3/t29-,31+,32+,33-,34+/m1/s1. The second-order valence-electron chi connectivity index (χ2n) is 12.2. The normalized spacial score (nSPS) is 21.7. The van der Waals surface area contributed by atoms with Crippen molar-refractivity contribution in [3.63, 3.8) is 0 Å². The van der Waals surface area contributed by atoms with Crippen LogP contribution in [0.5, 0.6) is 0 Å². The van der Waals surface area contributed by atoms with Gasteiger partial charge >= 0.3 is 17.9 Å². The Kier molecular flexibility index (Phi) is 12.1. The van der Waals surface area contributed by atoms with Crippen molar-refractivity contribution in [3.8, 4) is 0 Å². The lowest BCUT2D eigenvalue weighted by Crippen LogP contribution is -2.68. The molecular weight excluding hydrogens is 644 g/mol. The van der Waals surface area contributed by atoms with Crippen LogP contribution in [0.4, 0.5) is 0 Å². The topological polar surface area (TPSA) is 97.4 Å². The van der Waals surface area contributed by atoms with Gasteiger partial charge in [0.2, 0.25) is 0 Å². The molecule has 1 aliphatic rings. The van der Waals surface area contributed by atoms with E-state index in [2.05, 4.69) is 45.0 Å². The summed E-state index contributed by atoms with van der Waals surface area (Å²) >= 11 is 7.17. The highest BCUT2D eigenvalue weighted by molar-refractivity contribution is 7.99. The Hall–Kier alpha value is -3.15. The third-order valence-corrected chi connectivity index (χ3v) is 14.1. The van der Waals surface area contributed by atoms with E-state index in [1.54, 1.807) is 0 Å². The minimum Gasteiger partial charge on any atom is -0.456 e. The van der Waals surface area contributed by atoms with Crippen molar-refractivity contribution < 1.29 is 37.8 Å². The second-order valence-corrected chi connectivity index (χ2v) is 17.9. The van der Waals surface area contributed by atoms with E-state index >= 15 is 0 Å². The van der Waals surface area contributed by atoms with Gasteiger partial charge in [-0.3, -0.25) is 14.4 Å². The monoisotopic (exact) mass is 684 g/mol. The molecule has 5 atom stereocenters. The number of alkyl halides is 1. The first-order chi connectivity index (χ1) is 21.9. The Morgan fingerprint density at radius 3 is 1.78 bits per heavy atom. The van der Waals surface area contributed by atoms with Crippen molar-refractivity contribution in [1.82, 2.24) is 0 Å². The molecule has 0 aromatic heterocycles. The number of halogens is 1. The molecule has 1 fully saturated rings. The highest BCUT2D eigenvalue weighted by Crippen LogP contribution is 2.40. The number of rotatable bonds is 11. The minimum atomic E-state index is -3.05. The Balaban J connectivity index is 1.82. The summed E-state index contributed by atoms with van der Waals surface area (Å²) in [5.41, 5.74) is 0.227. The molecule has 1 heterocycles. The average molecular weight is 685 g/mol. The Morgan fingerprint density at radius 2 is 1.30 bits per heavy atom. The Morgan fingerprint density at radius 1 is 0.783 bits per heavy atom. The van der Waals surface area contributed by atoms with E-state index in [0.717, 1.165) is 20.8 Å². The molecule has 11 heteroatoms. The molecule has 4 rings (SSSR count). The number of benzene rings is 3. The van der Waals surface area contributed by atoms with Gasteiger partial charge in [0, 0.05) is 18.7 Å². The maximum absolute atomic E-state index is 12.7. The Bertz CT molecular complexity index is 1430. The summed E-state index contributed by atoms with van der Waals surface area (Å²) in [5, 5.41) is 1.77. The third kappa shape index (κ3) is 8.40. The van der Waals surface area contributed by atoms with Crippen molar-refractivity contribution in [2.24, 2.45) is 0 Å². The largest absolute Gasteiger partial charge is 0.456 e. The molecule has 0 saturated carbocycles. The van der Waals surface area contributed by atoms with Crippen LogP contribution in [0, 0.1) is 6.92 Å². The molecule has 1 saturated heterocycles. The molecule has 46 heavy (non-hydrogen) atoms. The van der Waals surface area contributed by atoms with Gasteiger partial charge in [-0.2, -0.15) is 0 Å². The quantitative estimate of drug-likeness (QED) is 0.114. The lowest BCUT2D eigenvalue weighted by molar-refractivity contribution is -0.235. The van der Waals surface area contributed by atoms with Gasteiger partial charge in [-0.05, 0) is 34.5 Å². The fourth-order valence-electron chi connectivity index (χ4n) is 5.80. The number of esters is 3. The SMILES string of the molecule is CC(=O)O[C@@H]1[C@H](OC(=O)CCl)[C@@H](OC(C)=O)[C@H](Sc2ccc(C)cc2)O[C@@H]1CO[Si](c1ccccc1)(c1ccccc1)C(C)(C)C. The molecule has 3 aromatic carbocycles. The van der Waals surface area contributed by atoms with Crippen LogP contribution in [0.1, 0.15) is 40.2 Å². The summed E-state index contributed by atoms with van der Waals surface area (Å²) in [6.07, 6.45) is -4.41. The predicted molar refractivity (Wildman–Crippen MR) is 181 cm³/mol. The van der Waals surface area contributed by atoms with Gasteiger partial charge in [0.25, 0.3) is 8.32 Å². The lowest BCUT2D eigenvalue weighted by atomic mass is 9.99. The first-order valence-corrected chi connectivity index (χ1v) is 18.4. The number of aryl methyl sites for hydroxylation is 1. The predicted octanol–water partition coefficient (Wildman–Crippen LogP) is 5.40. The third-order valence-electron chi connectivity index (χ3n) is 7.73. The first kappa shape index (κ1) is 35.7. The summed E-state index contributed by atoms with van der Waals surface area (Å²) < 4.78 is 31.1. The summed E-state index contributed by atoms with van der Waals surface area (Å²) in [7, 11) is -3.05. The maximum atomic E-state index is 12.7. The van der Waals surface area contributed by atoms with Gasteiger partial charge < -0.3 is 23.4 Å². The molecular formula is C35H41ClO8SSi. The zero-order chi connectivity index (χ0) is 33.5. The number of ether oxygens (including phenoxy) is 4. The zero-order valence-corrected chi connectivity index (χ0v) is 29.5. The first-order valence-electron chi connectivity index (χ1n) is 15.1. The van der Waals surface area contributed by atoms with Gasteiger partial charge in [-0.15, -0.1) is 11.6 Å². The fraction of sp³-hybridized carbons (Fsp3) is 0.400. The van der Waals surface area contributed by atoms with Crippen LogP contribution < -0.4 is 10.4 Å². The lowest BCUT2D eigenvalue weighted by Gasteiger charge is -2.47. The number of carbonyl (C=O) groups excluding carboxylic acids is 3. The summed E-state index contributed by atoms with van der Waals surface area (Å²) in [4.78, 5) is 38.4. The highest BCUT2D eigenvalue weighted by atomic mass is 35.5. The van der Waals surface area contributed by atoms with E-state index in [-0.39, 0.29) is 11.6 Å². The average Bonchev–Trinajstić information content (AvgIpc) is 3.01. The van der Waals surface area contributed by atoms with E-state index in [4.69, 9.17) is 35.0 Å².